The van der Waals surface area contributed by atoms with Gasteiger partial charge in [0.25, 0.3) is 0 Å². The van der Waals surface area contributed by atoms with E-state index >= 15 is 0 Å². The van der Waals surface area contributed by atoms with Crippen molar-refractivity contribution >= 4 is 23.3 Å². The Kier molecular flexibility index (Phi) is 3.18. The Hall–Kier alpha value is -0.840. The molecule has 0 aromatic heterocycles. The summed E-state index contributed by atoms with van der Waals surface area (Å²) in [5.74, 6) is 1.44. The van der Waals surface area contributed by atoms with E-state index in [-0.39, 0.29) is 0 Å². The van der Waals surface area contributed by atoms with E-state index in [4.69, 9.17) is 17.3 Å². The lowest BCUT2D eigenvalue weighted by molar-refractivity contribution is 0.149. The topological polar surface area (TPSA) is 52.6 Å². The van der Waals surface area contributed by atoms with Gasteiger partial charge >= 0.3 is 6.09 Å². The Morgan fingerprint density at radius 2 is 1.78 bits per heavy atom. The molecule has 2 N–H and O–H groups in total. The van der Waals surface area contributed by atoms with Crippen LogP contribution in [0.2, 0.25) is 0 Å². The van der Waals surface area contributed by atoms with Crippen molar-refractivity contribution in [3.05, 3.63) is 0 Å². The lowest BCUT2D eigenvalue weighted by Gasteiger charge is -2.25. The normalized spacial score (nSPS) is 35.1. The number of nitrogens with one attached hydrogen (secondary N) is 1. The fraction of sp³-hybridized carbons (Fsp3) is 0.846. The maximum atomic E-state index is 10.8. The first-order valence-electron chi connectivity index (χ1n) is 6.95. The molecule has 0 aromatic rings. The Balaban J connectivity index is 1.47. The Morgan fingerprint density at radius 1 is 1.17 bits per heavy atom. The second-order valence-corrected chi connectivity index (χ2v) is 6.32. The van der Waals surface area contributed by atoms with Crippen molar-refractivity contribution in [2.24, 2.45) is 17.8 Å². The molecule has 3 atom stereocenters. The highest BCUT2D eigenvalue weighted by molar-refractivity contribution is 7.80. The number of fused-ring (bicyclic) bond motifs is 1. The molecule has 0 spiro atoms. The second-order valence-electron chi connectivity index (χ2n) is 5.88. The summed E-state index contributed by atoms with van der Waals surface area (Å²) in [4.78, 5) is 13.4. The lowest BCUT2D eigenvalue weighted by Crippen LogP contribution is -2.39. The number of carboxylic acid groups (broad SMARTS) is 1. The quantitative estimate of drug-likeness (QED) is 0.753. The number of hydrogen-bond donors (Lipinski definition) is 2. The van der Waals surface area contributed by atoms with Gasteiger partial charge in [-0.05, 0) is 24.7 Å². The fourth-order valence-corrected chi connectivity index (χ4v) is 4.13. The molecule has 0 bridgehead atoms. The van der Waals surface area contributed by atoms with Crippen molar-refractivity contribution in [1.82, 2.24) is 10.2 Å². The largest absolute Gasteiger partial charge is 0.465 e. The average molecular weight is 268 g/mol. The van der Waals surface area contributed by atoms with Crippen LogP contribution in [-0.4, -0.2) is 40.2 Å². The molecule has 2 saturated carbocycles. The first-order chi connectivity index (χ1) is 8.66. The van der Waals surface area contributed by atoms with Crippen LogP contribution in [0, 0.1) is 17.8 Å². The van der Waals surface area contributed by atoms with Gasteiger partial charge in [-0.2, -0.15) is 0 Å². The van der Waals surface area contributed by atoms with Gasteiger partial charge in [-0.25, -0.2) is 4.79 Å². The fourth-order valence-electron chi connectivity index (χ4n) is 3.62. The molecular weight excluding hydrogens is 248 g/mol. The molecule has 1 amide bonds. The minimum Gasteiger partial charge on any atom is -0.465 e. The van der Waals surface area contributed by atoms with E-state index in [1.807, 2.05) is 0 Å². The summed E-state index contributed by atoms with van der Waals surface area (Å²) >= 11 is 5.50. The van der Waals surface area contributed by atoms with E-state index < -0.39 is 6.09 Å². The van der Waals surface area contributed by atoms with Gasteiger partial charge in [0.05, 0.1) is 4.99 Å². The van der Waals surface area contributed by atoms with E-state index in [1.54, 1.807) is 0 Å². The molecule has 0 radical (unpaired) electrons. The highest BCUT2D eigenvalue weighted by Crippen LogP contribution is 2.52. The summed E-state index contributed by atoms with van der Waals surface area (Å²) < 4.78 is 0. The van der Waals surface area contributed by atoms with Crippen LogP contribution in [0.1, 0.15) is 32.1 Å². The molecule has 5 heteroatoms. The smallest absolute Gasteiger partial charge is 0.407 e. The van der Waals surface area contributed by atoms with E-state index in [2.05, 4.69) is 5.32 Å². The van der Waals surface area contributed by atoms with E-state index in [0.29, 0.717) is 36.9 Å². The maximum Gasteiger partial charge on any atom is 0.407 e. The number of piperidine rings is 1. The maximum absolute atomic E-state index is 10.8. The van der Waals surface area contributed by atoms with Gasteiger partial charge < -0.3 is 15.3 Å². The summed E-state index contributed by atoms with van der Waals surface area (Å²) in [6.07, 6.45) is 5.67. The third-order valence-electron chi connectivity index (χ3n) is 4.72. The molecule has 1 aliphatic heterocycles. The predicted molar refractivity (Wildman–Crippen MR) is 72.7 cm³/mol. The summed E-state index contributed by atoms with van der Waals surface area (Å²) in [6, 6.07) is 0.572. The van der Waals surface area contributed by atoms with E-state index in [0.717, 1.165) is 4.99 Å². The molecule has 18 heavy (non-hydrogen) atoms. The number of nitrogens with zero attached hydrogens (tertiary/aromatic N) is 1. The van der Waals surface area contributed by atoms with Crippen LogP contribution in [-0.2, 0) is 0 Å². The molecule has 3 aliphatic rings. The molecule has 4 nitrogen and oxygen atoms in total. The zero-order valence-corrected chi connectivity index (χ0v) is 11.3. The van der Waals surface area contributed by atoms with Crippen molar-refractivity contribution in [1.29, 1.82) is 0 Å². The first kappa shape index (κ1) is 12.2. The van der Waals surface area contributed by atoms with Gasteiger partial charge in [0.1, 0.15) is 0 Å². The third-order valence-corrected chi connectivity index (χ3v) is 5.11. The van der Waals surface area contributed by atoms with E-state index in [9.17, 15) is 4.79 Å². The highest BCUT2D eigenvalue weighted by Gasteiger charge is 2.58. The van der Waals surface area contributed by atoms with Gasteiger partial charge in [0.2, 0.25) is 0 Å². The van der Waals surface area contributed by atoms with Gasteiger partial charge in [-0.1, -0.05) is 31.5 Å². The van der Waals surface area contributed by atoms with E-state index in [1.165, 1.54) is 37.0 Å². The van der Waals surface area contributed by atoms with Gasteiger partial charge in [-0.15, -0.1) is 0 Å². The van der Waals surface area contributed by atoms with Crippen LogP contribution in [0.4, 0.5) is 4.79 Å². The molecule has 100 valence electrons. The molecule has 3 fully saturated rings. The van der Waals surface area contributed by atoms with Crippen molar-refractivity contribution in [2.75, 3.05) is 13.1 Å². The Morgan fingerprint density at radius 3 is 2.33 bits per heavy atom. The summed E-state index contributed by atoms with van der Waals surface area (Å²) in [7, 11) is 0. The molecule has 3 rings (SSSR count). The first-order valence-corrected chi connectivity index (χ1v) is 7.36. The lowest BCUT2D eigenvalue weighted by atomic mass is 9.95. The zero-order chi connectivity index (χ0) is 12.7. The predicted octanol–water partition coefficient (Wildman–Crippen LogP) is 2.09. The number of likely N-dealkylation sites (tertiary alicyclic amines) is 1. The standard InChI is InChI=1S/C13H20N2O2S/c16-13(17)15-6-9-10(7-15)11(9)12(18)14-8-4-2-1-3-5-8/h8-11H,1-7H2,(H,14,18)(H,16,17)/t9-,10+,11?. The number of rotatable bonds is 2. The van der Waals surface area contributed by atoms with Crippen molar-refractivity contribution in [3.8, 4) is 0 Å². The van der Waals surface area contributed by atoms with Crippen molar-refractivity contribution in [2.45, 2.75) is 38.1 Å². The van der Waals surface area contributed by atoms with Crippen molar-refractivity contribution < 1.29 is 9.90 Å². The number of thiocarbonyl (C=S) groups is 1. The van der Waals surface area contributed by atoms with Crippen LogP contribution in [0.15, 0.2) is 0 Å². The van der Waals surface area contributed by atoms with Crippen LogP contribution in [0.3, 0.4) is 0 Å². The summed E-state index contributed by atoms with van der Waals surface area (Å²) in [5, 5.41) is 12.4. The average Bonchev–Trinajstić information content (AvgIpc) is 2.86. The third kappa shape index (κ3) is 2.20. The monoisotopic (exact) mass is 268 g/mol. The van der Waals surface area contributed by atoms with Gasteiger partial charge in [0, 0.05) is 25.0 Å². The molecule has 1 unspecified atom stereocenters. The number of hydrogen-bond acceptors (Lipinski definition) is 2. The summed E-state index contributed by atoms with van der Waals surface area (Å²) in [5.41, 5.74) is 0. The van der Waals surface area contributed by atoms with Crippen LogP contribution in [0.5, 0.6) is 0 Å². The SMILES string of the molecule is O=C(O)N1C[C@@H]2C(C(=S)NC3CCCCC3)[C@@H]2C1. The van der Waals surface area contributed by atoms with Crippen LogP contribution in [0.25, 0.3) is 0 Å². The minimum atomic E-state index is -0.785. The summed E-state index contributed by atoms with van der Waals surface area (Å²) in [6.45, 7) is 1.36. The molecule has 0 aromatic carbocycles. The molecule has 1 heterocycles. The second kappa shape index (κ2) is 4.68. The highest BCUT2D eigenvalue weighted by atomic mass is 32.1. The van der Waals surface area contributed by atoms with Crippen molar-refractivity contribution in [3.63, 3.8) is 0 Å². The zero-order valence-electron chi connectivity index (χ0n) is 10.5. The van der Waals surface area contributed by atoms with Crippen LogP contribution >= 0.6 is 12.2 Å². The number of amides is 1. The Bertz CT molecular complexity index is 356. The van der Waals surface area contributed by atoms with Gasteiger partial charge in [0.15, 0.2) is 0 Å². The molecular formula is C13H20N2O2S. The number of carbonyl (C=O) groups is 1. The van der Waals surface area contributed by atoms with Gasteiger partial charge in [-0.3, -0.25) is 0 Å². The molecule has 1 saturated heterocycles. The van der Waals surface area contributed by atoms with Crippen LogP contribution < -0.4 is 5.32 Å². The minimum absolute atomic E-state index is 0.456. The molecule has 2 aliphatic carbocycles. The Labute approximate surface area is 113 Å².